The standard InChI is InChI=1S/C34H36N4O4S/c1-7-21-16(2)26-14-31-34(20(6)43)19(5)27(38-31)12-24-17(3)22(8-10-32(39)40)29(36-24)15-30-23(9-11-33(41)42)18(4)25(37-30)13-28(21)35-26/h12-15,35,38,43H,6-11H2,1-5H3,(H,39,40)(H,41,42). The fraction of sp³-hybridized carbons (Fsp3) is 0.294. The smallest absolute Gasteiger partial charge is 0.303 e. The van der Waals surface area contributed by atoms with Crippen LogP contribution in [-0.2, 0) is 16.0 Å². The van der Waals surface area contributed by atoms with Crippen molar-refractivity contribution in [3.8, 4) is 0 Å². The van der Waals surface area contributed by atoms with Crippen LogP contribution in [0.1, 0.15) is 91.5 Å². The van der Waals surface area contributed by atoms with E-state index in [1.165, 1.54) is 5.56 Å². The SMILES string of the molecule is C=C(S)c1c(C)c2cc3nc(cc4nc(cc5[nH]c(cc1[nH]2)c(C)c5CC)C(C)=C4CCC(=O)O)C(CCC(=O)O)=C3C. The van der Waals surface area contributed by atoms with Crippen LogP contribution in [-0.4, -0.2) is 42.1 Å². The zero-order chi connectivity index (χ0) is 31.2. The first-order chi connectivity index (χ1) is 20.4. The van der Waals surface area contributed by atoms with Crippen LogP contribution in [0, 0.1) is 13.8 Å². The third kappa shape index (κ3) is 5.69. The molecule has 2 aliphatic rings. The van der Waals surface area contributed by atoms with Crippen molar-refractivity contribution in [1.82, 2.24) is 19.9 Å². The third-order valence-corrected chi connectivity index (χ3v) is 8.71. The van der Waals surface area contributed by atoms with Gasteiger partial charge in [-0.05, 0) is 110 Å². The van der Waals surface area contributed by atoms with E-state index in [0.29, 0.717) is 29.1 Å². The van der Waals surface area contributed by atoms with Gasteiger partial charge >= 0.3 is 11.9 Å². The molecule has 0 aliphatic carbocycles. The lowest BCUT2D eigenvalue weighted by Crippen LogP contribution is -1.97. The summed E-state index contributed by atoms with van der Waals surface area (Å²) in [5.41, 5.74) is 14.1. The highest BCUT2D eigenvalue weighted by molar-refractivity contribution is 7.90. The number of aromatic nitrogens is 4. The Labute approximate surface area is 255 Å². The maximum absolute atomic E-state index is 11.6. The van der Waals surface area contributed by atoms with E-state index < -0.39 is 11.9 Å². The monoisotopic (exact) mass is 596 g/mol. The second-order valence-corrected chi connectivity index (χ2v) is 11.7. The minimum absolute atomic E-state index is 0.0287. The van der Waals surface area contributed by atoms with E-state index in [-0.39, 0.29) is 12.8 Å². The van der Waals surface area contributed by atoms with Gasteiger partial charge in [-0.2, -0.15) is 0 Å². The van der Waals surface area contributed by atoms with Gasteiger partial charge in [0.05, 0.1) is 22.8 Å². The zero-order valence-electron chi connectivity index (χ0n) is 25.1. The average Bonchev–Trinajstić information content (AvgIpc) is 3.59. The summed E-state index contributed by atoms with van der Waals surface area (Å²) in [7, 11) is 0. The first-order valence-corrected chi connectivity index (χ1v) is 14.8. The number of aliphatic carboxylic acids is 2. The van der Waals surface area contributed by atoms with Gasteiger partial charge < -0.3 is 20.2 Å². The summed E-state index contributed by atoms with van der Waals surface area (Å²) in [5, 5.41) is 18.9. The summed E-state index contributed by atoms with van der Waals surface area (Å²) >= 11 is 4.62. The van der Waals surface area contributed by atoms with Crippen molar-refractivity contribution in [1.29, 1.82) is 0 Å². The van der Waals surface area contributed by atoms with Gasteiger partial charge in [-0.3, -0.25) is 9.59 Å². The molecule has 43 heavy (non-hydrogen) atoms. The van der Waals surface area contributed by atoms with E-state index >= 15 is 0 Å². The number of hydrogen-bond donors (Lipinski definition) is 5. The molecule has 2 aliphatic heterocycles. The number of H-pyrrole nitrogens is 2. The summed E-state index contributed by atoms with van der Waals surface area (Å²) in [6.45, 7) is 14.3. The Morgan fingerprint density at radius 3 is 1.72 bits per heavy atom. The summed E-state index contributed by atoms with van der Waals surface area (Å²) in [6, 6.07) is 7.97. The molecule has 5 heterocycles. The van der Waals surface area contributed by atoms with E-state index in [2.05, 4.69) is 49.1 Å². The largest absolute Gasteiger partial charge is 0.481 e. The molecule has 3 aromatic heterocycles. The number of nitrogens with one attached hydrogen (secondary N) is 2. The molecule has 0 aromatic carbocycles. The Kier molecular flexibility index (Phi) is 8.21. The molecular formula is C34H36N4O4S. The van der Waals surface area contributed by atoms with Crippen molar-refractivity contribution in [3.05, 3.63) is 75.9 Å². The van der Waals surface area contributed by atoms with Gasteiger partial charge in [0.2, 0.25) is 0 Å². The molecule has 222 valence electrons. The van der Waals surface area contributed by atoms with Crippen molar-refractivity contribution in [3.63, 3.8) is 0 Å². The quantitative estimate of drug-likeness (QED) is 0.168. The first-order valence-electron chi connectivity index (χ1n) is 14.4. The number of carbonyl (C=O) groups is 2. The molecular weight excluding hydrogens is 560 g/mol. The molecule has 9 heteroatoms. The number of thiol groups is 1. The molecule has 5 rings (SSSR count). The van der Waals surface area contributed by atoms with Crippen molar-refractivity contribution in [2.24, 2.45) is 0 Å². The summed E-state index contributed by atoms with van der Waals surface area (Å²) in [6.07, 6.45) is 1.37. The van der Waals surface area contributed by atoms with Crippen LogP contribution >= 0.6 is 12.6 Å². The number of nitrogens with zero attached hydrogens (tertiary/aromatic N) is 2. The van der Waals surface area contributed by atoms with E-state index in [1.54, 1.807) is 0 Å². The number of hydrogen-bond acceptors (Lipinski definition) is 5. The maximum Gasteiger partial charge on any atom is 0.303 e. The Hall–Kier alpha value is -4.37. The molecule has 0 unspecified atom stereocenters. The van der Waals surface area contributed by atoms with Gasteiger partial charge in [0.15, 0.2) is 0 Å². The fourth-order valence-corrected chi connectivity index (χ4v) is 6.37. The molecule has 3 aromatic rings. The second-order valence-electron chi connectivity index (χ2n) is 11.1. The lowest BCUT2D eigenvalue weighted by Gasteiger charge is -2.05. The Balaban J connectivity index is 1.94. The topological polar surface area (TPSA) is 132 Å². The predicted octanol–water partition coefficient (Wildman–Crippen LogP) is 7.99. The average molecular weight is 597 g/mol. The number of allylic oxidation sites excluding steroid dienone is 4. The van der Waals surface area contributed by atoms with Crippen LogP contribution in [0.5, 0.6) is 0 Å². The lowest BCUT2D eigenvalue weighted by atomic mass is 9.98. The number of fused-ring (bicyclic) bond motifs is 8. The van der Waals surface area contributed by atoms with E-state index in [4.69, 9.17) is 9.97 Å². The van der Waals surface area contributed by atoms with Gasteiger partial charge in [-0.15, -0.1) is 12.6 Å². The van der Waals surface area contributed by atoms with Crippen LogP contribution < -0.4 is 0 Å². The van der Waals surface area contributed by atoms with Crippen LogP contribution in [0.15, 0.2) is 30.8 Å². The zero-order valence-corrected chi connectivity index (χ0v) is 26.0. The Bertz CT molecular complexity index is 1940. The molecule has 8 bridgehead atoms. The summed E-state index contributed by atoms with van der Waals surface area (Å²) in [5.74, 6) is -1.77. The normalized spacial score (nSPS) is 13.2. The minimum Gasteiger partial charge on any atom is -0.481 e. The van der Waals surface area contributed by atoms with Gasteiger partial charge in [0, 0.05) is 45.4 Å². The summed E-state index contributed by atoms with van der Waals surface area (Å²) < 4.78 is 0. The fourth-order valence-electron chi connectivity index (χ4n) is 6.08. The van der Waals surface area contributed by atoms with E-state index in [1.807, 2.05) is 39.0 Å². The predicted molar refractivity (Wildman–Crippen MR) is 177 cm³/mol. The van der Waals surface area contributed by atoms with Crippen LogP contribution in [0.25, 0.3) is 49.3 Å². The number of carboxylic acid groups (broad SMARTS) is 2. The molecule has 0 atom stereocenters. The molecule has 0 amide bonds. The molecule has 8 nitrogen and oxygen atoms in total. The van der Waals surface area contributed by atoms with Crippen LogP contribution in [0.3, 0.4) is 0 Å². The van der Waals surface area contributed by atoms with Gasteiger partial charge in [0.25, 0.3) is 0 Å². The summed E-state index contributed by atoms with van der Waals surface area (Å²) in [4.78, 5) is 40.9. The van der Waals surface area contributed by atoms with Gasteiger partial charge in [-0.25, -0.2) is 9.97 Å². The van der Waals surface area contributed by atoms with E-state index in [9.17, 15) is 19.8 Å². The van der Waals surface area contributed by atoms with Crippen LogP contribution in [0.2, 0.25) is 0 Å². The molecule has 0 fully saturated rings. The van der Waals surface area contributed by atoms with Crippen LogP contribution in [0.4, 0.5) is 0 Å². The maximum atomic E-state index is 11.6. The van der Waals surface area contributed by atoms with Crippen molar-refractivity contribution in [2.45, 2.75) is 66.7 Å². The van der Waals surface area contributed by atoms with Crippen molar-refractivity contribution >= 4 is 73.8 Å². The minimum atomic E-state index is -0.888. The number of carboxylic acids is 2. The third-order valence-electron chi connectivity index (χ3n) is 8.49. The Morgan fingerprint density at radius 1 is 0.744 bits per heavy atom. The lowest BCUT2D eigenvalue weighted by molar-refractivity contribution is -0.137. The first kappa shape index (κ1) is 30.1. The van der Waals surface area contributed by atoms with Gasteiger partial charge in [-0.1, -0.05) is 13.5 Å². The molecule has 0 saturated carbocycles. The van der Waals surface area contributed by atoms with Gasteiger partial charge in [0.1, 0.15) is 0 Å². The molecule has 0 saturated heterocycles. The highest BCUT2D eigenvalue weighted by atomic mass is 32.1. The number of aromatic amines is 2. The highest BCUT2D eigenvalue weighted by Crippen LogP contribution is 2.38. The van der Waals surface area contributed by atoms with E-state index in [0.717, 1.165) is 78.9 Å². The molecule has 0 spiro atoms. The molecule has 0 radical (unpaired) electrons. The van der Waals surface area contributed by atoms with Crippen molar-refractivity contribution in [2.75, 3.05) is 0 Å². The highest BCUT2D eigenvalue weighted by Gasteiger charge is 2.23. The second kappa shape index (κ2) is 11.7. The number of rotatable bonds is 8. The Morgan fingerprint density at radius 2 is 1.23 bits per heavy atom. The number of aryl methyl sites for hydroxylation is 3. The van der Waals surface area contributed by atoms with Crippen molar-refractivity contribution < 1.29 is 19.8 Å². The molecule has 4 N–H and O–H groups in total.